The summed E-state index contributed by atoms with van der Waals surface area (Å²) in [6.45, 7) is 5.61. The number of aliphatic hydroxyl groups is 1. The summed E-state index contributed by atoms with van der Waals surface area (Å²) in [6, 6.07) is 9.32. The van der Waals surface area contributed by atoms with Crippen molar-refractivity contribution in [2.24, 2.45) is 0 Å². The third-order valence-corrected chi connectivity index (χ3v) is 4.68. The van der Waals surface area contributed by atoms with Gasteiger partial charge in [-0.3, -0.25) is 4.57 Å². The Morgan fingerprint density at radius 3 is 2.20 bits per heavy atom. The summed E-state index contributed by atoms with van der Waals surface area (Å²) in [7, 11) is -3.52. The van der Waals surface area contributed by atoms with Crippen LogP contribution >= 0.6 is 7.60 Å². The van der Waals surface area contributed by atoms with Crippen molar-refractivity contribution in [3.8, 4) is 0 Å². The van der Waals surface area contributed by atoms with Gasteiger partial charge in [0.2, 0.25) is 0 Å². The van der Waals surface area contributed by atoms with Crippen LogP contribution in [0.3, 0.4) is 0 Å². The minimum atomic E-state index is -3.52. The number of hydrogen-bond donors (Lipinski definition) is 1. The van der Waals surface area contributed by atoms with Crippen molar-refractivity contribution in [3.63, 3.8) is 0 Å². The largest absolute Gasteiger partial charge is 0.507 e. The fourth-order valence-corrected chi connectivity index (χ4v) is 3.41. The first-order valence-electron chi connectivity index (χ1n) is 6.59. The molecule has 0 heterocycles. The smallest absolute Gasteiger partial charge is 0.365 e. The molecule has 0 spiro atoms. The summed E-state index contributed by atoms with van der Waals surface area (Å²) in [6.07, 6.45) is 3.10. The van der Waals surface area contributed by atoms with Crippen LogP contribution in [-0.2, 0) is 13.6 Å². The van der Waals surface area contributed by atoms with E-state index in [9.17, 15) is 9.67 Å². The minimum absolute atomic E-state index is 0.0981. The third kappa shape index (κ3) is 4.34. The molecule has 0 bridgehead atoms. The van der Waals surface area contributed by atoms with Gasteiger partial charge in [0.05, 0.1) is 13.2 Å². The minimum Gasteiger partial charge on any atom is -0.507 e. The fraction of sp³-hybridized carbons (Fsp3) is 0.333. The molecule has 0 amide bonds. The molecule has 0 atom stereocenters. The predicted octanol–water partition coefficient (Wildman–Crippen LogP) is 4.76. The molecule has 4 nitrogen and oxygen atoms in total. The van der Waals surface area contributed by atoms with Crippen LogP contribution in [0.5, 0.6) is 0 Å². The average molecular weight is 296 g/mol. The van der Waals surface area contributed by atoms with Crippen LogP contribution in [0.25, 0.3) is 6.08 Å². The van der Waals surface area contributed by atoms with Crippen LogP contribution in [-0.4, -0.2) is 18.3 Å². The number of rotatable bonds is 7. The van der Waals surface area contributed by atoms with E-state index in [0.717, 1.165) is 5.56 Å². The molecule has 1 aromatic rings. The quantitative estimate of drug-likeness (QED) is 0.448. The fourth-order valence-electron chi connectivity index (χ4n) is 1.66. The van der Waals surface area contributed by atoms with Crippen molar-refractivity contribution in [2.75, 3.05) is 13.2 Å². The molecular formula is C15H21O4P. The van der Waals surface area contributed by atoms with Crippen molar-refractivity contribution >= 4 is 13.7 Å². The van der Waals surface area contributed by atoms with Gasteiger partial charge in [-0.15, -0.1) is 0 Å². The molecule has 0 fully saturated rings. The van der Waals surface area contributed by atoms with Crippen LogP contribution in [0.4, 0.5) is 0 Å². The molecule has 0 saturated heterocycles. The molecule has 0 radical (unpaired) electrons. The summed E-state index contributed by atoms with van der Waals surface area (Å²) in [5, 5.41) is 10.2. The van der Waals surface area contributed by atoms with Crippen molar-refractivity contribution < 1.29 is 18.7 Å². The Morgan fingerprint density at radius 1 is 1.20 bits per heavy atom. The van der Waals surface area contributed by atoms with Gasteiger partial charge >= 0.3 is 7.60 Å². The maximum absolute atomic E-state index is 12.8. The Balaban J connectivity index is 3.31. The summed E-state index contributed by atoms with van der Waals surface area (Å²) in [4.78, 5) is 0. The predicted molar refractivity (Wildman–Crippen MR) is 81.7 cm³/mol. The molecular weight excluding hydrogens is 275 g/mol. The topological polar surface area (TPSA) is 55.8 Å². The lowest BCUT2D eigenvalue weighted by atomic mass is 10.2. The van der Waals surface area contributed by atoms with Crippen molar-refractivity contribution in [3.05, 3.63) is 53.0 Å². The van der Waals surface area contributed by atoms with Crippen LogP contribution in [0.1, 0.15) is 26.3 Å². The lowest BCUT2D eigenvalue weighted by Crippen LogP contribution is -2.01. The second-order valence-electron chi connectivity index (χ2n) is 3.95. The summed E-state index contributed by atoms with van der Waals surface area (Å²) < 4.78 is 23.4. The Morgan fingerprint density at radius 2 is 1.75 bits per heavy atom. The van der Waals surface area contributed by atoms with E-state index in [1.807, 2.05) is 30.3 Å². The first kappa shape index (κ1) is 16.7. The normalized spacial score (nSPS) is 13.6. The zero-order chi connectivity index (χ0) is 15.0. The van der Waals surface area contributed by atoms with Gasteiger partial charge in [-0.05, 0) is 38.5 Å². The molecule has 1 rings (SSSR count). The van der Waals surface area contributed by atoms with E-state index in [1.165, 1.54) is 6.08 Å². The second-order valence-corrected chi connectivity index (χ2v) is 5.94. The highest BCUT2D eigenvalue weighted by Crippen LogP contribution is 2.58. The molecule has 1 N–H and O–H groups in total. The van der Waals surface area contributed by atoms with Crippen LogP contribution in [0, 0.1) is 0 Å². The van der Waals surface area contributed by atoms with Gasteiger partial charge in [0.15, 0.2) is 0 Å². The van der Waals surface area contributed by atoms with Crippen molar-refractivity contribution in [1.82, 2.24) is 0 Å². The standard InChI is InChI=1S/C15H21O4P/c1-4-14(16)15(12-13-10-8-7-9-11-13)20(17,18-5-2)19-6-3/h4,7-12,16H,5-6H2,1-3H3/b14-4-,15-12+. The summed E-state index contributed by atoms with van der Waals surface area (Å²) >= 11 is 0. The van der Waals surface area contributed by atoms with Gasteiger partial charge in [-0.1, -0.05) is 30.3 Å². The van der Waals surface area contributed by atoms with E-state index in [2.05, 4.69) is 0 Å². The monoisotopic (exact) mass is 296 g/mol. The molecule has 0 aliphatic carbocycles. The van der Waals surface area contributed by atoms with Gasteiger partial charge in [0.25, 0.3) is 0 Å². The highest BCUT2D eigenvalue weighted by molar-refractivity contribution is 7.59. The Labute approximate surface area is 120 Å². The zero-order valence-corrected chi connectivity index (χ0v) is 13.0. The first-order chi connectivity index (χ1) is 9.57. The molecule has 110 valence electrons. The van der Waals surface area contributed by atoms with Crippen LogP contribution in [0.15, 0.2) is 47.5 Å². The molecule has 20 heavy (non-hydrogen) atoms. The van der Waals surface area contributed by atoms with Gasteiger partial charge < -0.3 is 14.2 Å². The highest BCUT2D eigenvalue weighted by atomic mass is 31.2. The Kier molecular flexibility index (Phi) is 6.73. The molecule has 0 aliphatic rings. The van der Waals surface area contributed by atoms with E-state index in [1.54, 1.807) is 26.8 Å². The van der Waals surface area contributed by atoms with Gasteiger partial charge in [-0.25, -0.2) is 0 Å². The number of aliphatic hydroxyl groups excluding tert-OH is 1. The molecule has 0 unspecified atom stereocenters. The third-order valence-electron chi connectivity index (χ3n) is 2.53. The maximum Gasteiger partial charge on any atom is 0.365 e. The number of hydrogen-bond acceptors (Lipinski definition) is 4. The molecule has 0 aromatic heterocycles. The van der Waals surface area contributed by atoms with E-state index in [4.69, 9.17) is 9.05 Å². The molecule has 0 saturated carbocycles. The van der Waals surface area contributed by atoms with Gasteiger partial charge in [0.1, 0.15) is 11.1 Å². The average Bonchev–Trinajstić information content (AvgIpc) is 2.45. The first-order valence-corrected chi connectivity index (χ1v) is 8.13. The Bertz CT molecular complexity index is 510. The van der Waals surface area contributed by atoms with E-state index in [0.29, 0.717) is 0 Å². The Hall–Kier alpha value is -1.35. The second kappa shape index (κ2) is 8.05. The number of allylic oxidation sites excluding steroid dienone is 2. The van der Waals surface area contributed by atoms with Gasteiger partial charge in [-0.2, -0.15) is 0 Å². The van der Waals surface area contributed by atoms with Crippen LogP contribution < -0.4 is 0 Å². The lowest BCUT2D eigenvalue weighted by molar-refractivity contribution is 0.225. The molecule has 0 aliphatic heterocycles. The summed E-state index contributed by atoms with van der Waals surface area (Å²) in [5.74, 6) is -0.0981. The van der Waals surface area contributed by atoms with E-state index >= 15 is 0 Å². The molecule has 1 aromatic carbocycles. The lowest BCUT2D eigenvalue weighted by Gasteiger charge is -2.19. The zero-order valence-electron chi connectivity index (χ0n) is 12.1. The SMILES string of the molecule is C/C=C(O)/C(=C\c1ccccc1)P(=O)(OCC)OCC. The summed E-state index contributed by atoms with van der Waals surface area (Å²) in [5.41, 5.74) is 0.815. The number of benzene rings is 1. The van der Waals surface area contributed by atoms with Gasteiger partial charge in [0, 0.05) is 0 Å². The van der Waals surface area contributed by atoms with Crippen LogP contribution in [0.2, 0.25) is 0 Å². The highest BCUT2D eigenvalue weighted by Gasteiger charge is 2.32. The van der Waals surface area contributed by atoms with Crippen molar-refractivity contribution in [2.45, 2.75) is 20.8 Å². The maximum atomic E-state index is 12.8. The van der Waals surface area contributed by atoms with E-state index < -0.39 is 7.60 Å². The molecule has 5 heteroatoms. The van der Waals surface area contributed by atoms with E-state index in [-0.39, 0.29) is 24.3 Å². The van der Waals surface area contributed by atoms with Crippen molar-refractivity contribution in [1.29, 1.82) is 0 Å².